The predicted molar refractivity (Wildman–Crippen MR) is 104 cm³/mol. The van der Waals surface area contributed by atoms with Crippen molar-refractivity contribution >= 4 is 10.9 Å². The van der Waals surface area contributed by atoms with Crippen molar-refractivity contribution in [1.82, 2.24) is 9.88 Å². The van der Waals surface area contributed by atoms with Crippen LogP contribution in [0.4, 0.5) is 0 Å². The van der Waals surface area contributed by atoms with E-state index < -0.39 is 0 Å². The first-order valence-corrected chi connectivity index (χ1v) is 9.66. The van der Waals surface area contributed by atoms with Gasteiger partial charge in [-0.1, -0.05) is 36.4 Å². The van der Waals surface area contributed by atoms with Gasteiger partial charge in [-0.15, -0.1) is 0 Å². The molecular weight excluding hydrogens is 304 g/mol. The maximum atomic E-state index is 3.61. The van der Waals surface area contributed by atoms with Crippen LogP contribution in [0.3, 0.4) is 0 Å². The highest BCUT2D eigenvalue weighted by atomic mass is 15.0. The standard InChI is InChI=1S/C23H26N2/c1-2-4-18(5-3-1)15-23(11-12-24-17-23)21-8-9-22-20(14-21)10-13-25(22)16-19-6-7-19/h1-5,8-10,13-14,19,24H,6-7,11-12,15-17H2. The van der Waals surface area contributed by atoms with Gasteiger partial charge in [-0.3, -0.25) is 0 Å². The molecule has 2 aliphatic rings. The van der Waals surface area contributed by atoms with Gasteiger partial charge < -0.3 is 9.88 Å². The van der Waals surface area contributed by atoms with Crippen molar-refractivity contribution in [2.45, 2.75) is 37.6 Å². The normalized spacial score (nSPS) is 23.4. The summed E-state index contributed by atoms with van der Waals surface area (Å²) < 4.78 is 2.45. The molecule has 1 aromatic heterocycles. The molecule has 2 nitrogen and oxygen atoms in total. The van der Waals surface area contributed by atoms with Gasteiger partial charge >= 0.3 is 0 Å². The molecule has 0 radical (unpaired) electrons. The fourth-order valence-electron chi connectivity index (χ4n) is 4.50. The Labute approximate surface area is 149 Å². The van der Waals surface area contributed by atoms with Gasteiger partial charge in [0.05, 0.1) is 0 Å². The molecule has 3 aromatic rings. The van der Waals surface area contributed by atoms with E-state index in [-0.39, 0.29) is 5.41 Å². The van der Waals surface area contributed by atoms with E-state index in [4.69, 9.17) is 0 Å². The predicted octanol–water partition coefficient (Wildman–Crippen LogP) is 4.53. The van der Waals surface area contributed by atoms with Gasteiger partial charge in [-0.05, 0) is 72.9 Å². The first kappa shape index (κ1) is 15.2. The summed E-state index contributed by atoms with van der Waals surface area (Å²) in [5.41, 5.74) is 4.57. The molecule has 1 saturated carbocycles. The summed E-state index contributed by atoms with van der Waals surface area (Å²) in [6.45, 7) is 3.39. The van der Waals surface area contributed by atoms with Gasteiger partial charge in [0.2, 0.25) is 0 Å². The SMILES string of the molecule is c1ccc(CC2(c3ccc4c(ccn4CC4CC4)c3)CCNC2)cc1. The minimum Gasteiger partial charge on any atom is -0.347 e. The maximum absolute atomic E-state index is 3.61. The molecule has 25 heavy (non-hydrogen) atoms. The maximum Gasteiger partial charge on any atom is 0.0480 e. The molecule has 128 valence electrons. The molecule has 1 N–H and O–H groups in total. The van der Waals surface area contributed by atoms with Crippen LogP contribution in [-0.4, -0.2) is 17.7 Å². The molecule has 1 aliphatic heterocycles. The Bertz CT molecular complexity index is 868. The Morgan fingerprint density at radius 2 is 1.92 bits per heavy atom. The molecule has 2 heterocycles. The molecule has 1 unspecified atom stereocenters. The lowest BCUT2D eigenvalue weighted by Crippen LogP contribution is -2.31. The largest absolute Gasteiger partial charge is 0.347 e. The zero-order chi connectivity index (χ0) is 16.7. The van der Waals surface area contributed by atoms with E-state index in [9.17, 15) is 0 Å². The summed E-state index contributed by atoms with van der Waals surface area (Å²) >= 11 is 0. The summed E-state index contributed by atoms with van der Waals surface area (Å²) in [7, 11) is 0. The molecule has 0 bridgehead atoms. The minimum atomic E-state index is 0.230. The Hall–Kier alpha value is -2.06. The van der Waals surface area contributed by atoms with Gasteiger partial charge in [0.25, 0.3) is 0 Å². The van der Waals surface area contributed by atoms with Crippen molar-refractivity contribution in [3.63, 3.8) is 0 Å². The summed E-state index contributed by atoms with van der Waals surface area (Å²) in [5.74, 6) is 0.915. The lowest BCUT2D eigenvalue weighted by molar-refractivity contribution is 0.468. The van der Waals surface area contributed by atoms with E-state index in [1.165, 1.54) is 47.8 Å². The minimum absolute atomic E-state index is 0.230. The number of hydrogen-bond acceptors (Lipinski definition) is 1. The number of benzene rings is 2. The van der Waals surface area contributed by atoms with Gasteiger partial charge in [0.1, 0.15) is 0 Å². The summed E-state index contributed by atoms with van der Waals surface area (Å²) in [5, 5.41) is 5.01. The van der Waals surface area contributed by atoms with Crippen molar-refractivity contribution in [3.05, 3.63) is 71.9 Å². The Morgan fingerprint density at radius 3 is 2.68 bits per heavy atom. The molecule has 2 heteroatoms. The van der Waals surface area contributed by atoms with Crippen LogP contribution in [0.1, 0.15) is 30.4 Å². The van der Waals surface area contributed by atoms with Crippen LogP contribution in [0.2, 0.25) is 0 Å². The van der Waals surface area contributed by atoms with Crippen LogP contribution in [0.15, 0.2) is 60.8 Å². The Kier molecular flexibility index (Phi) is 3.67. The smallest absolute Gasteiger partial charge is 0.0480 e. The molecule has 1 atom stereocenters. The van der Waals surface area contributed by atoms with Gasteiger partial charge in [0, 0.05) is 30.2 Å². The highest BCUT2D eigenvalue weighted by Gasteiger charge is 2.36. The van der Waals surface area contributed by atoms with Crippen molar-refractivity contribution in [2.24, 2.45) is 5.92 Å². The second-order valence-corrected chi connectivity index (χ2v) is 8.05. The van der Waals surface area contributed by atoms with Gasteiger partial charge in [-0.25, -0.2) is 0 Å². The topological polar surface area (TPSA) is 17.0 Å². The number of nitrogens with one attached hydrogen (secondary N) is 1. The van der Waals surface area contributed by atoms with Crippen molar-refractivity contribution in [2.75, 3.05) is 13.1 Å². The van der Waals surface area contributed by atoms with E-state index in [0.29, 0.717) is 0 Å². The third kappa shape index (κ3) is 2.89. The van der Waals surface area contributed by atoms with E-state index in [1.54, 1.807) is 0 Å². The van der Waals surface area contributed by atoms with Crippen molar-refractivity contribution in [3.8, 4) is 0 Å². The first-order valence-electron chi connectivity index (χ1n) is 9.66. The van der Waals surface area contributed by atoms with E-state index in [2.05, 4.69) is 70.7 Å². The van der Waals surface area contributed by atoms with E-state index in [0.717, 1.165) is 25.4 Å². The summed E-state index contributed by atoms with van der Waals surface area (Å²) in [6, 6.07) is 20.5. The average Bonchev–Trinajstić information content (AvgIpc) is 3.18. The summed E-state index contributed by atoms with van der Waals surface area (Å²) in [6.07, 6.45) is 7.43. The highest BCUT2D eigenvalue weighted by Crippen LogP contribution is 2.37. The molecule has 2 aromatic carbocycles. The van der Waals surface area contributed by atoms with Gasteiger partial charge in [-0.2, -0.15) is 0 Å². The molecule has 0 spiro atoms. The van der Waals surface area contributed by atoms with Crippen LogP contribution in [0, 0.1) is 5.92 Å². The number of fused-ring (bicyclic) bond motifs is 1. The molecule has 1 saturated heterocycles. The second-order valence-electron chi connectivity index (χ2n) is 8.05. The number of rotatable bonds is 5. The van der Waals surface area contributed by atoms with Crippen LogP contribution in [0.5, 0.6) is 0 Å². The molecule has 1 aliphatic carbocycles. The van der Waals surface area contributed by atoms with E-state index >= 15 is 0 Å². The second kappa shape index (κ2) is 6.03. The third-order valence-corrected chi connectivity index (χ3v) is 6.16. The van der Waals surface area contributed by atoms with Crippen molar-refractivity contribution in [1.29, 1.82) is 0 Å². The van der Waals surface area contributed by atoms with E-state index in [1.807, 2.05) is 0 Å². The lowest BCUT2D eigenvalue weighted by Gasteiger charge is -2.29. The summed E-state index contributed by atoms with van der Waals surface area (Å²) in [4.78, 5) is 0. The number of hydrogen-bond donors (Lipinski definition) is 1. The Balaban J connectivity index is 1.50. The lowest BCUT2D eigenvalue weighted by atomic mass is 9.74. The Morgan fingerprint density at radius 1 is 1.04 bits per heavy atom. The zero-order valence-electron chi connectivity index (χ0n) is 14.7. The average molecular weight is 330 g/mol. The van der Waals surface area contributed by atoms with Crippen LogP contribution >= 0.6 is 0 Å². The molecule has 5 rings (SSSR count). The third-order valence-electron chi connectivity index (χ3n) is 6.16. The van der Waals surface area contributed by atoms with Crippen LogP contribution in [0.25, 0.3) is 10.9 Å². The number of nitrogens with zero attached hydrogens (tertiary/aromatic N) is 1. The monoisotopic (exact) mass is 330 g/mol. The van der Waals surface area contributed by atoms with Crippen molar-refractivity contribution < 1.29 is 0 Å². The molecule has 0 amide bonds. The van der Waals surface area contributed by atoms with Crippen LogP contribution in [-0.2, 0) is 18.4 Å². The molecular formula is C23H26N2. The molecule has 2 fully saturated rings. The first-order chi connectivity index (χ1) is 12.3. The quantitative estimate of drug-likeness (QED) is 0.727. The fourth-order valence-corrected chi connectivity index (χ4v) is 4.50. The van der Waals surface area contributed by atoms with Gasteiger partial charge in [0.15, 0.2) is 0 Å². The van der Waals surface area contributed by atoms with Crippen LogP contribution < -0.4 is 5.32 Å². The fraction of sp³-hybridized carbons (Fsp3) is 0.391. The highest BCUT2D eigenvalue weighted by molar-refractivity contribution is 5.81. The zero-order valence-corrected chi connectivity index (χ0v) is 14.7. The number of aromatic nitrogens is 1.